The molecule has 0 amide bonds. The molecule has 2 rings (SSSR count). The van der Waals surface area contributed by atoms with E-state index in [-0.39, 0.29) is 6.04 Å². The lowest BCUT2D eigenvalue weighted by atomic mass is 9.96. The van der Waals surface area contributed by atoms with Crippen molar-refractivity contribution in [1.82, 2.24) is 4.98 Å². The van der Waals surface area contributed by atoms with Crippen molar-refractivity contribution < 1.29 is 0 Å². The number of benzene rings is 1. The van der Waals surface area contributed by atoms with Crippen LogP contribution >= 0.6 is 0 Å². The highest BCUT2D eigenvalue weighted by Gasteiger charge is 2.11. The Hall–Kier alpha value is -1.41. The summed E-state index contributed by atoms with van der Waals surface area (Å²) in [5, 5.41) is 1.17. The Bertz CT molecular complexity index is 472. The van der Waals surface area contributed by atoms with Gasteiger partial charge >= 0.3 is 0 Å². The fraction of sp³-hybridized carbons (Fsp3) is 0.357. The van der Waals surface area contributed by atoms with E-state index in [4.69, 9.17) is 5.73 Å². The summed E-state index contributed by atoms with van der Waals surface area (Å²) < 4.78 is 0. The Kier molecular flexibility index (Phi) is 3.20. The Morgan fingerprint density at radius 1 is 1.19 bits per heavy atom. The van der Waals surface area contributed by atoms with E-state index in [1.165, 1.54) is 5.39 Å². The number of para-hydroxylation sites is 1. The first-order valence-corrected chi connectivity index (χ1v) is 5.77. The number of pyridine rings is 1. The maximum absolute atomic E-state index is 6.22. The van der Waals surface area contributed by atoms with E-state index in [9.17, 15) is 0 Å². The summed E-state index contributed by atoms with van der Waals surface area (Å²) in [5.74, 6) is 0.606. The number of nitrogens with zero attached hydrogens (tertiary/aromatic N) is 1. The van der Waals surface area contributed by atoms with Crippen LogP contribution in [-0.2, 0) is 0 Å². The molecule has 0 saturated heterocycles. The minimum Gasteiger partial charge on any atom is -0.324 e. The van der Waals surface area contributed by atoms with Crippen LogP contribution < -0.4 is 5.73 Å². The number of aromatic nitrogens is 1. The van der Waals surface area contributed by atoms with Crippen molar-refractivity contribution in [3.8, 4) is 0 Å². The van der Waals surface area contributed by atoms with Crippen molar-refractivity contribution in [1.29, 1.82) is 0 Å². The second kappa shape index (κ2) is 4.62. The SMILES string of the molecule is CC(C)CC(N)c1cccc2cccnc12. The van der Waals surface area contributed by atoms with Gasteiger partial charge in [0, 0.05) is 17.6 Å². The summed E-state index contributed by atoms with van der Waals surface area (Å²) in [6, 6.07) is 10.3. The summed E-state index contributed by atoms with van der Waals surface area (Å²) in [6.07, 6.45) is 2.82. The third-order valence-corrected chi connectivity index (χ3v) is 2.79. The molecule has 1 aromatic carbocycles. The van der Waals surface area contributed by atoms with Gasteiger partial charge in [0.05, 0.1) is 5.52 Å². The quantitative estimate of drug-likeness (QED) is 0.851. The van der Waals surface area contributed by atoms with Crippen LogP contribution in [0.1, 0.15) is 31.9 Å². The standard InChI is InChI=1S/C14H18N2/c1-10(2)9-13(15)12-7-3-5-11-6-4-8-16-14(11)12/h3-8,10,13H,9,15H2,1-2H3. The first kappa shape index (κ1) is 11.1. The molecule has 0 aliphatic heterocycles. The Morgan fingerprint density at radius 3 is 2.69 bits per heavy atom. The summed E-state index contributed by atoms with van der Waals surface area (Å²) in [6.45, 7) is 4.39. The monoisotopic (exact) mass is 214 g/mol. The fourth-order valence-electron chi connectivity index (χ4n) is 2.06. The number of fused-ring (bicyclic) bond motifs is 1. The second-order valence-corrected chi connectivity index (χ2v) is 4.66. The number of nitrogens with two attached hydrogens (primary N) is 1. The van der Waals surface area contributed by atoms with Crippen LogP contribution in [0.3, 0.4) is 0 Å². The molecule has 1 atom stereocenters. The van der Waals surface area contributed by atoms with Gasteiger partial charge in [-0.2, -0.15) is 0 Å². The van der Waals surface area contributed by atoms with Crippen LogP contribution in [0.15, 0.2) is 36.5 Å². The van der Waals surface area contributed by atoms with Crippen molar-refractivity contribution in [2.45, 2.75) is 26.3 Å². The largest absolute Gasteiger partial charge is 0.324 e. The number of hydrogen-bond acceptors (Lipinski definition) is 2. The maximum Gasteiger partial charge on any atom is 0.0749 e. The van der Waals surface area contributed by atoms with Gasteiger partial charge in [-0.05, 0) is 24.0 Å². The number of rotatable bonds is 3. The summed E-state index contributed by atoms with van der Waals surface area (Å²) in [7, 11) is 0. The van der Waals surface area contributed by atoms with Gasteiger partial charge in [-0.3, -0.25) is 4.98 Å². The minimum atomic E-state index is 0.0820. The molecule has 0 aliphatic rings. The van der Waals surface area contributed by atoms with Crippen LogP contribution in [0.25, 0.3) is 10.9 Å². The highest BCUT2D eigenvalue weighted by molar-refractivity contribution is 5.81. The van der Waals surface area contributed by atoms with Crippen LogP contribution in [0.5, 0.6) is 0 Å². The molecular weight excluding hydrogens is 196 g/mol. The van der Waals surface area contributed by atoms with Gasteiger partial charge in [0.15, 0.2) is 0 Å². The molecule has 0 aliphatic carbocycles. The summed E-state index contributed by atoms with van der Waals surface area (Å²) >= 11 is 0. The van der Waals surface area contributed by atoms with Gasteiger partial charge in [-0.1, -0.05) is 38.1 Å². The zero-order valence-corrected chi connectivity index (χ0v) is 9.85. The molecule has 0 fully saturated rings. The highest BCUT2D eigenvalue weighted by atomic mass is 14.7. The van der Waals surface area contributed by atoms with Gasteiger partial charge in [0.25, 0.3) is 0 Å². The van der Waals surface area contributed by atoms with Gasteiger partial charge in [0.2, 0.25) is 0 Å². The van der Waals surface area contributed by atoms with Crippen molar-refractivity contribution >= 4 is 10.9 Å². The molecule has 0 bridgehead atoms. The van der Waals surface area contributed by atoms with Crippen LogP contribution in [-0.4, -0.2) is 4.98 Å². The van der Waals surface area contributed by atoms with Crippen molar-refractivity contribution in [3.63, 3.8) is 0 Å². The normalized spacial score (nSPS) is 13.2. The average Bonchev–Trinajstić information content (AvgIpc) is 2.27. The van der Waals surface area contributed by atoms with E-state index < -0.39 is 0 Å². The molecule has 1 aromatic heterocycles. The highest BCUT2D eigenvalue weighted by Crippen LogP contribution is 2.24. The van der Waals surface area contributed by atoms with E-state index >= 15 is 0 Å². The van der Waals surface area contributed by atoms with Gasteiger partial charge in [0.1, 0.15) is 0 Å². The second-order valence-electron chi connectivity index (χ2n) is 4.66. The molecule has 2 N–H and O–H groups in total. The third kappa shape index (κ3) is 2.22. The lowest BCUT2D eigenvalue weighted by Crippen LogP contribution is -2.13. The van der Waals surface area contributed by atoms with E-state index in [0.717, 1.165) is 17.5 Å². The van der Waals surface area contributed by atoms with Crippen molar-refractivity contribution in [3.05, 3.63) is 42.1 Å². The van der Waals surface area contributed by atoms with Gasteiger partial charge in [-0.25, -0.2) is 0 Å². The Balaban J connectivity index is 2.44. The molecule has 0 radical (unpaired) electrons. The Morgan fingerprint density at radius 2 is 1.94 bits per heavy atom. The minimum absolute atomic E-state index is 0.0820. The van der Waals surface area contributed by atoms with Crippen molar-refractivity contribution in [2.24, 2.45) is 11.7 Å². The van der Waals surface area contributed by atoms with E-state index in [2.05, 4.69) is 43.1 Å². The van der Waals surface area contributed by atoms with Crippen LogP contribution in [0.2, 0.25) is 0 Å². The molecule has 2 aromatic rings. The molecule has 1 unspecified atom stereocenters. The lowest BCUT2D eigenvalue weighted by Gasteiger charge is -2.15. The molecule has 0 saturated carbocycles. The molecule has 0 spiro atoms. The third-order valence-electron chi connectivity index (χ3n) is 2.79. The summed E-state index contributed by atoms with van der Waals surface area (Å²) in [4.78, 5) is 4.43. The Labute approximate surface area is 96.5 Å². The van der Waals surface area contributed by atoms with Crippen molar-refractivity contribution in [2.75, 3.05) is 0 Å². The van der Waals surface area contributed by atoms with Gasteiger partial charge in [-0.15, -0.1) is 0 Å². The van der Waals surface area contributed by atoms with E-state index in [1.54, 1.807) is 0 Å². The molecule has 2 nitrogen and oxygen atoms in total. The predicted molar refractivity (Wildman–Crippen MR) is 68.1 cm³/mol. The first-order valence-electron chi connectivity index (χ1n) is 5.77. The van der Waals surface area contributed by atoms with E-state index in [0.29, 0.717) is 5.92 Å². The predicted octanol–water partition coefficient (Wildman–Crippen LogP) is 3.28. The lowest BCUT2D eigenvalue weighted by molar-refractivity contribution is 0.511. The molecule has 16 heavy (non-hydrogen) atoms. The molecular formula is C14H18N2. The average molecular weight is 214 g/mol. The van der Waals surface area contributed by atoms with Crippen LogP contribution in [0.4, 0.5) is 0 Å². The molecule has 2 heteroatoms. The van der Waals surface area contributed by atoms with Gasteiger partial charge < -0.3 is 5.73 Å². The maximum atomic E-state index is 6.22. The van der Waals surface area contributed by atoms with E-state index in [1.807, 2.05) is 12.3 Å². The number of hydrogen-bond donors (Lipinski definition) is 1. The topological polar surface area (TPSA) is 38.9 Å². The zero-order chi connectivity index (χ0) is 11.5. The van der Waals surface area contributed by atoms with Crippen LogP contribution in [0, 0.1) is 5.92 Å². The first-order chi connectivity index (χ1) is 7.68. The zero-order valence-electron chi connectivity index (χ0n) is 9.85. The fourth-order valence-corrected chi connectivity index (χ4v) is 2.06. The summed E-state index contributed by atoms with van der Waals surface area (Å²) in [5.41, 5.74) is 8.42. The molecule has 1 heterocycles. The smallest absolute Gasteiger partial charge is 0.0749 e. The molecule has 84 valence electrons.